The van der Waals surface area contributed by atoms with Crippen LogP contribution in [0.15, 0.2) is 46.9 Å². The van der Waals surface area contributed by atoms with Crippen molar-refractivity contribution in [3.63, 3.8) is 0 Å². The smallest absolute Gasteiger partial charge is 0.417 e. The zero-order valence-electron chi connectivity index (χ0n) is 13.6. The molecule has 0 radical (unpaired) electrons. The summed E-state index contributed by atoms with van der Waals surface area (Å²) in [5, 5.41) is 17.8. The van der Waals surface area contributed by atoms with Crippen LogP contribution in [0.4, 0.5) is 13.2 Å². The maximum Gasteiger partial charge on any atom is 0.417 e. The molecule has 0 saturated heterocycles. The van der Waals surface area contributed by atoms with Crippen LogP contribution in [0.25, 0.3) is 11.1 Å². The molecule has 0 aliphatic rings. The number of rotatable bonds is 4. The molecule has 0 bridgehead atoms. The number of hydrogen-bond donors (Lipinski definition) is 1. The minimum atomic E-state index is -4.55. The van der Waals surface area contributed by atoms with Crippen LogP contribution in [0.5, 0.6) is 0 Å². The Bertz CT molecular complexity index is 925. The first kappa shape index (κ1) is 18.4. The normalized spacial score (nSPS) is 13.0. The highest BCUT2D eigenvalue weighted by molar-refractivity contribution is 6.30. The van der Waals surface area contributed by atoms with Crippen molar-refractivity contribution in [3.8, 4) is 11.1 Å². The van der Waals surface area contributed by atoms with Crippen LogP contribution in [-0.2, 0) is 12.6 Å². The molecule has 3 aromatic rings. The first-order valence-corrected chi connectivity index (χ1v) is 8.06. The number of alkyl halides is 3. The summed E-state index contributed by atoms with van der Waals surface area (Å²) in [7, 11) is 0. The van der Waals surface area contributed by atoms with Crippen LogP contribution in [-0.4, -0.2) is 15.3 Å². The molecule has 26 heavy (non-hydrogen) atoms. The van der Waals surface area contributed by atoms with Crippen LogP contribution in [0.1, 0.15) is 29.0 Å². The molecule has 0 fully saturated rings. The van der Waals surface area contributed by atoms with Crippen molar-refractivity contribution in [2.45, 2.75) is 25.6 Å². The molecule has 1 aromatic heterocycles. The van der Waals surface area contributed by atoms with Crippen LogP contribution in [0.3, 0.4) is 0 Å². The predicted octanol–water partition coefficient (Wildman–Crippen LogP) is 4.99. The van der Waals surface area contributed by atoms with E-state index in [0.29, 0.717) is 17.0 Å². The van der Waals surface area contributed by atoms with E-state index in [1.807, 2.05) is 0 Å². The summed E-state index contributed by atoms with van der Waals surface area (Å²) in [6, 6.07) is 9.87. The summed E-state index contributed by atoms with van der Waals surface area (Å²) in [6.07, 6.45) is -5.47. The van der Waals surface area contributed by atoms with Gasteiger partial charge in [-0.3, -0.25) is 0 Å². The van der Waals surface area contributed by atoms with Crippen molar-refractivity contribution >= 4 is 11.6 Å². The fraction of sp³-hybridized carbons (Fsp3) is 0.222. The Labute approximate surface area is 152 Å². The SMILES string of the molecule is Cc1nnc(CC(O)c2cccc(-c3ccc(Cl)cc3C(F)(F)F)c2)o1. The molecule has 1 unspecified atom stereocenters. The number of aliphatic hydroxyl groups excluding tert-OH is 1. The van der Waals surface area contributed by atoms with Crippen molar-refractivity contribution in [3.05, 3.63) is 70.4 Å². The monoisotopic (exact) mass is 382 g/mol. The number of nitrogens with zero attached hydrogens (tertiary/aromatic N) is 2. The van der Waals surface area contributed by atoms with Gasteiger partial charge in [-0.15, -0.1) is 10.2 Å². The number of aromatic nitrogens is 2. The lowest BCUT2D eigenvalue weighted by Crippen LogP contribution is -2.07. The lowest BCUT2D eigenvalue weighted by atomic mass is 9.96. The molecule has 0 saturated carbocycles. The highest BCUT2D eigenvalue weighted by Gasteiger charge is 2.34. The van der Waals surface area contributed by atoms with Crippen LogP contribution in [0, 0.1) is 6.92 Å². The summed E-state index contributed by atoms with van der Waals surface area (Å²) in [4.78, 5) is 0. The van der Waals surface area contributed by atoms with Gasteiger partial charge in [0.25, 0.3) is 0 Å². The third-order valence-electron chi connectivity index (χ3n) is 3.81. The standard InChI is InChI=1S/C18H14ClF3N2O2/c1-10-23-24-17(26-10)9-16(25)12-4-2-3-11(7-12)14-6-5-13(19)8-15(14)18(20,21)22/h2-8,16,25H,9H2,1H3. The minimum absolute atomic E-state index is 0.00373. The van der Waals surface area contributed by atoms with Crippen LogP contribution in [0.2, 0.25) is 5.02 Å². The van der Waals surface area contributed by atoms with Gasteiger partial charge in [0.1, 0.15) is 0 Å². The van der Waals surface area contributed by atoms with E-state index >= 15 is 0 Å². The largest absolute Gasteiger partial charge is 0.425 e. The topological polar surface area (TPSA) is 59.2 Å². The van der Waals surface area contributed by atoms with Crippen molar-refractivity contribution in [1.29, 1.82) is 0 Å². The molecule has 1 atom stereocenters. The van der Waals surface area contributed by atoms with Gasteiger partial charge in [-0.2, -0.15) is 13.2 Å². The molecule has 0 aliphatic heterocycles. The lowest BCUT2D eigenvalue weighted by Gasteiger charge is -2.15. The molecule has 3 rings (SSSR count). The summed E-state index contributed by atoms with van der Waals surface area (Å²) in [5.41, 5.74) is -0.0672. The fourth-order valence-electron chi connectivity index (χ4n) is 2.62. The van der Waals surface area contributed by atoms with Crippen molar-refractivity contribution in [2.24, 2.45) is 0 Å². The van der Waals surface area contributed by atoms with Gasteiger partial charge in [0.05, 0.1) is 18.1 Å². The summed E-state index contributed by atoms with van der Waals surface area (Å²) in [5.74, 6) is 0.625. The Morgan fingerprint density at radius 2 is 1.92 bits per heavy atom. The third kappa shape index (κ3) is 4.05. The maximum absolute atomic E-state index is 13.3. The van der Waals surface area contributed by atoms with E-state index in [1.54, 1.807) is 25.1 Å². The number of benzene rings is 2. The van der Waals surface area contributed by atoms with E-state index < -0.39 is 17.8 Å². The Balaban J connectivity index is 1.95. The summed E-state index contributed by atoms with van der Waals surface area (Å²) in [6.45, 7) is 1.63. The zero-order chi connectivity index (χ0) is 18.9. The molecule has 0 amide bonds. The number of halogens is 4. The fourth-order valence-corrected chi connectivity index (χ4v) is 2.79. The third-order valence-corrected chi connectivity index (χ3v) is 4.04. The van der Waals surface area contributed by atoms with Gasteiger partial charge in [-0.1, -0.05) is 35.9 Å². The van der Waals surface area contributed by atoms with E-state index in [0.717, 1.165) is 6.07 Å². The van der Waals surface area contributed by atoms with Gasteiger partial charge in [-0.05, 0) is 34.9 Å². The second kappa shape index (κ2) is 7.09. The minimum Gasteiger partial charge on any atom is -0.425 e. The van der Waals surface area contributed by atoms with E-state index in [4.69, 9.17) is 16.0 Å². The maximum atomic E-state index is 13.3. The van der Waals surface area contributed by atoms with Gasteiger partial charge >= 0.3 is 6.18 Å². The number of hydrogen-bond acceptors (Lipinski definition) is 4. The van der Waals surface area contributed by atoms with Crippen molar-refractivity contribution in [1.82, 2.24) is 10.2 Å². The quantitative estimate of drug-likeness (QED) is 0.690. The van der Waals surface area contributed by atoms with E-state index in [1.165, 1.54) is 18.2 Å². The zero-order valence-corrected chi connectivity index (χ0v) is 14.3. The van der Waals surface area contributed by atoms with E-state index in [-0.39, 0.29) is 22.9 Å². The Kier molecular flexibility index (Phi) is 5.02. The molecule has 2 aromatic carbocycles. The Morgan fingerprint density at radius 1 is 1.15 bits per heavy atom. The highest BCUT2D eigenvalue weighted by atomic mass is 35.5. The highest BCUT2D eigenvalue weighted by Crippen LogP contribution is 2.39. The van der Waals surface area contributed by atoms with Gasteiger partial charge in [-0.25, -0.2) is 0 Å². The second-order valence-electron chi connectivity index (χ2n) is 5.75. The predicted molar refractivity (Wildman–Crippen MR) is 89.6 cm³/mol. The lowest BCUT2D eigenvalue weighted by molar-refractivity contribution is -0.137. The van der Waals surface area contributed by atoms with Crippen molar-refractivity contribution < 1.29 is 22.7 Å². The summed E-state index contributed by atoms with van der Waals surface area (Å²) >= 11 is 5.72. The molecule has 1 N–H and O–H groups in total. The van der Waals surface area contributed by atoms with Crippen LogP contribution < -0.4 is 0 Å². The molecule has 0 aliphatic carbocycles. The molecule has 136 valence electrons. The first-order chi connectivity index (χ1) is 12.2. The van der Waals surface area contributed by atoms with Gasteiger partial charge < -0.3 is 9.52 Å². The van der Waals surface area contributed by atoms with Gasteiger partial charge in [0, 0.05) is 11.9 Å². The van der Waals surface area contributed by atoms with E-state index in [2.05, 4.69) is 10.2 Å². The average Bonchev–Trinajstić information content (AvgIpc) is 2.99. The molecule has 8 heteroatoms. The van der Waals surface area contributed by atoms with Gasteiger partial charge in [0.15, 0.2) is 0 Å². The van der Waals surface area contributed by atoms with Crippen molar-refractivity contribution in [2.75, 3.05) is 0 Å². The number of aliphatic hydroxyl groups is 1. The van der Waals surface area contributed by atoms with Crippen LogP contribution >= 0.6 is 11.6 Å². The Morgan fingerprint density at radius 3 is 2.58 bits per heavy atom. The van der Waals surface area contributed by atoms with Gasteiger partial charge in [0.2, 0.25) is 11.8 Å². The molecule has 4 nitrogen and oxygen atoms in total. The molecular formula is C18H14ClF3N2O2. The van der Waals surface area contributed by atoms with E-state index in [9.17, 15) is 18.3 Å². The molecule has 0 spiro atoms. The second-order valence-corrected chi connectivity index (χ2v) is 6.18. The Hall–Kier alpha value is -2.38. The first-order valence-electron chi connectivity index (χ1n) is 7.68. The molecular weight excluding hydrogens is 369 g/mol. The summed E-state index contributed by atoms with van der Waals surface area (Å²) < 4.78 is 45.2. The molecule has 1 heterocycles. The average molecular weight is 383 g/mol. The number of aryl methyl sites for hydroxylation is 1.